The lowest BCUT2D eigenvalue weighted by molar-refractivity contribution is 0.839. The van der Waals surface area contributed by atoms with Gasteiger partial charge in [-0.2, -0.15) is 5.10 Å². The SMILES string of the molecule is CC(C)c1c(N)ncnc1-c1ccnn1-c1ccccc1. The van der Waals surface area contributed by atoms with E-state index in [1.165, 1.54) is 6.33 Å². The van der Waals surface area contributed by atoms with E-state index in [1.54, 1.807) is 6.20 Å². The number of nitrogens with zero attached hydrogens (tertiary/aromatic N) is 4. The first-order valence-electron chi connectivity index (χ1n) is 6.88. The van der Waals surface area contributed by atoms with E-state index in [-0.39, 0.29) is 5.92 Å². The quantitative estimate of drug-likeness (QED) is 0.800. The highest BCUT2D eigenvalue weighted by Gasteiger charge is 2.18. The molecule has 0 bridgehead atoms. The summed E-state index contributed by atoms with van der Waals surface area (Å²) in [5.74, 6) is 0.760. The molecule has 5 nitrogen and oxygen atoms in total. The summed E-state index contributed by atoms with van der Waals surface area (Å²) in [5.41, 5.74) is 9.73. The third-order valence-electron chi connectivity index (χ3n) is 3.38. The summed E-state index contributed by atoms with van der Waals surface area (Å²) in [6.45, 7) is 4.17. The number of aromatic nitrogens is 4. The number of rotatable bonds is 3. The average molecular weight is 279 g/mol. The Balaban J connectivity index is 2.20. The van der Waals surface area contributed by atoms with Crippen molar-refractivity contribution >= 4 is 5.82 Å². The lowest BCUT2D eigenvalue weighted by Crippen LogP contribution is -2.07. The topological polar surface area (TPSA) is 69.6 Å². The first-order chi connectivity index (χ1) is 10.2. The molecule has 21 heavy (non-hydrogen) atoms. The van der Waals surface area contributed by atoms with E-state index < -0.39 is 0 Å². The molecule has 106 valence electrons. The number of nitrogens with two attached hydrogens (primary N) is 1. The molecule has 0 aliphatic rings. The molecule has 2 aromatic heterocycles. The third-order valence-corrected chi connectivity index (χ3v) is 3.38. The largest absolute Gasteiger partial charge is 0.383 e. The van der Waals surface area contributed by atoms with Gasteiger partial charge in [0.05, 0.1) is 23.3 Å². The fourth-order valence-corrected chi connectivity index (χ4v) is 2.44. The van der Waals surface area contributed by atoms with Gasteiger partial charge in [0, 0.05) is 5.56 Å². The number of nitrogen functional groups attached to an aromatic ring is 1. The third kappa shape index (κ3) is 2.38. The Morgan fingerprint density at radius 2 is 1.81 bits per heavy atom. The molecule has 0 unspecified atom stereocenters. The molecule has 0 aliphatic heterocycles. The van der Waals surface area contributed by atoms with Crippen molar-refractivity contribution in [3.05, 3.63) is 54.5 Å². The van der Waals surface area contributed by atoms with Gasteiger partial charge in [0.1, 0.15) is 12.1 Å². The van der Waals surface area contributed by atoms with Gasteiger partial charge in [0.25, 0.3) is 0 Å². The number of hydrogen-bond acceptors (Lipinski definition) is 4. The number of para-hydroxylation sites is 1. The highest BCUT2D eigenvalue weighted by molar-refractivity contribution is 5.67. The van der Waals surface area contributed by atoms with E-state index in [0.717, 1.165) is 22.6 Å². The van der Waals surface area contributed by atoms with E-state index in [1.807, 2.05) is 41.1 Å². The predicted octanol–water partition coefficient (Wildman–Crippen LogP) is 3.03. The van der Waals surface area contributed by atoms with Crippen LogP contribution in [0.2, 0.25) is 0 Å². The summed E-state index contributed by atoms with van der Waals surface area (Å²) in [6.07, 6.45) is 3.27. The van der Waals surface area contributed by atoms with Crippen LogP contribution in [0.15, 0.2) is 48.9 Å². The lowest BCUT2D eigenvalue weighted by Gasteiger charge is -2.14. The minimum Gasteiger partial charge on any atom is -0.383 e. The molecular formula is C16H17N5. The zero-order valence-corrected chi connectivity index (χ0v) is 12.1. The van der Waals surface area contributed by atoms with Crippen LogP contribution < -0.4 is 5.73 Å². The van der Waals surface area contributed by atoms with Crippen LogP contribution in [0.3, 0.4) is 0 Å². The van der Waals surface area contributed by atoms with Crippen LogP contribution in [0, 0.1) is 0 Å². The van der Waals surface area contributed by atoms with Gasteiger partial charge >= 0.3 is 0 Å². The van der Waals surface area contributed by atoms with E-state index in [4.69, 9.17) is 5.73 Å². The Morgan fingerprint density at radius 1 is 1.05 bits per heavy atom. The van der Waals surface area contributed by atoms with Crippen molar-refractivity contribution in [3.63, 3.8) is 0 Å². The Kier molecular flexibility index (Phi) is 3.39. The molecule has 0 spiro atoms. The molecule has 2 heterocycles. The Bertz CT molecular complexity index is 746. The van der Waals surface area contributed by atoms with E-state index >= 15 is 0 Å². The minimum absolute atomic E-state index is 0.236. The highest BCUT2D eigenvalue weighted by Crippen LogP contribution is 2.31. The van der Waals surface area contributed by atoms with Crippen molar-refractivity contribution in [3.8, 4) is 17.1 Å². The fraction of sp³-hybridized carbons (Fsp3) is 0.188. The van der Waals surface area contributed by atoms with E-state index in [9.17, 15) is 0 Å². The second kappa shape index (κ2) is 5.36. The lowest BCUT2D eigenvalue weighted by atomic mass is 10.00. The van der Waals surface area contributed by atoms with Crippen LogP contribution in [-0.4, -0.2) is 19.7 Å². The van der Waals surface area contributed by atoms with Crippen LogP contribution >= 0.6 is 0 Å². The first kappa shape index (κ1) is 13.3. The number of benzene rings is 1. The second-order valence-electron chi connectivity index (χ2n) is 5.14. The summed E-state index contributed by atoms with van der Waals surface area (Å²) in [7, 11) is 0. The van der Waals surface area contributed by atoms with Crippen LogP contribution in [0.25, 0.3) is 17.1 Å². The van der Waals surface area contributed by atoms with Crippen molar-refractivity contribution in [1.29, 1.82) is 0 Å². The molecular weight excluding hydrogens is 262 g/mol. The van der Waals surface area contributed by atoms with Crippen molar-refractivity contribution in [1.82, 2.24) is 19.7 Å². The van der Waals surface area contributed by atoms with Gasteiger partial charge in [-0.3, -0.25) is 0 Å². The molecule has 0 atom stereocenters. The predicted molar refractivity (Wildman–Crippen MR) is 83.1 cm³/mol. The molecule has 0 saturated carbocycles. The zero-order valence-electron chi connectivity index (χ0n) is 12.1. The normalized spacial score (nSPS) is 11.0. The second-order valence-corrected chi connectivity index (χ2v) is 5.14. The highest BCUT2D eigenvalue weighted by atomic mass is 15.3. The Morgan fingerprint density at radius 3 is 2.52 bits per heavy atom. The summed E-state index contributed by atoms with van der Waals surface area (Å²) >= 11 is 0. The van der Waals surface area contributed by atoms with Crippen LogP contribution in [-0.2, 0) is 0 Å². The maximum Gasteiger partial charge on any atom is 0.130 e. The van der Waals surface area contributed by atoms with Gasteiger partial charge in [-0.05, 0) is 24.1 Å². The molecule has 0 radical (unpaired) electrons. The standard InChI is InChI=1S/C16H17N5/c1-11(2)14-15(18-10-19-16(14)17)13-8-9-20-21(13)12-6-4-3-5-7-12/h3-11H,1-2H3,(H2,17,18,19). The maximum atomic E-state index is 6.04. The van der Waals surface area contributed by atoms with Gasteiger partial charge in [-0.15, -0.1) is 0 Å². The molecule has 0 amide bonds. The van der Waals surface area contributed by atoms with Crippen molar-refractivity contribution in [2.45, 2.75) is 19.8 Å². The van der Waals surface area contributed by atoms with Crippen LogP contribution in [0.1, 0.15) is 25.3 Å². The molecule has 5 heteroatoms. The van der Waals surface area contributed by atoms with E-state index in [2.05, 4.69) is 28.9 Å². The van der Waals surface area contributed by atoms with Gasteiger partial charge in [0.15, 0.2) is 0 Å². The van der Waals surface area contributed by atoms with Gasteiger partial charge in [-0.25, -0.2) is 14.6 Å². The summed E-state index contributed by atoms with van der Waals surface area (Å²) in [4.78, 5) is 8.55. The average Bonchev–Trinajstić information content (AvgIpc) is 2.96. The summed E-state index contributed by atoms with van der Waals surface area (Å²) in [5, 5.41) is 4.41. The van der Waals surface area contributed by atoms with Gasteiger partial charge in [0.2, 0.25) is 0 Å². The number of anilines is 1. The van der Waals surface area contributed by atoms with Gasteiger partial charge in [-0.1, -0.05) is 32.0 Å². The van der Waals surface area contributed by atoms with Crippen LogP contribution in [0.4, 0.5) is 5.82 Å². The molecule has 3 aromatic rings. The fourth-order valence-electron chi connectivity index (χ4n) is 2.44. The van der Waals surface area contributed by atoms with Crippen molar-refractivity contribution < 1.29 is 0 Å². The van der Waals surface area contributed by atoms with Crippen LogP contribution in [0.5, 0.6) is 0 Å². The molecule has 0 saturated heterocycles. The Labute approximate surface area is 123 Å². The summed E-state index contributed by atoms with van der Waals surface area (Å²) in [6, 6.07) is 11.9. The Hall–Kier alpha value is -2.69. The smallest absolute Gasteiger partial charge is 0.130 e. The molecule has 2 N–H and O–H groups in total. The zero-order chi connectivity index (χ0) is 14.8. The number of hydrogen-bond donors (Lipinski definition) is 1. The molecule has 0 aliphatic carbocycles. The van der Waals surface area contributed by atoms with Crippen molar-refractivity contribution in [2.75, 3.05) is 5.73 Å². The minimum atomic E-state index is 0.236. The summed E-state index contributed by atoms with van der Waals surface area (Å²) < 4.78 is 1.87. The van der Waals surface area contributed by atoms with E-state index in [0.29, 0.717) is 5.82 Å². The molecule has 3 rings (SSSR count). The molecule has 0 fully saturated rings. The molecule has 1 aromatic carbocycles. The van der Waals surface area contributed by atoms with Crippen molar-refractivity contribution in [2.24, 2.45) is 0 Å². The monoisotopic (exact) mass is 279 g/mol. The van der Waals surface area contributed by atoms with Gasteiger partial charge < -0.3 is 5.73 Å². The maximum absolute atomic E-state index is 6.04. The first-order valence-corrected chi connectivity index (χ1v) is 6.88.